The molecule has 0 spiro atoms. The maximum absolute atomic E-state index is 13.5. The van der Waals surface area contributed by atoms with Gasteiger partial charge in [0.2, 0.25) is 5.82 Å². The number of halogens is 5. The maximum Gasteiger partial charge on any atom is 0.471 e. The smallest absolute Gasteiger partial charge is 0.375 e. The van der Waals surface area contributed by atoms with Gasteiger partial charge in [-0.3, -0.25) is 4.79 Å². The first-order valence-corrected chi connectivity index (χ1v) is 7.47. The van der Waals surface area contributed by atoms with E-state index in [2.05, 4.69) is 20.0 Å². The van der Waals surface area contributed by atoms with Crippen molar-refractivity contribution in [3.63, 3.8) is 0 Å². The summed E-state index contributed by atoms with van der Waals surface area (Å²) in [4.78, 5) is 15.4. The number of alkyl halides is 3. The Balaban J connectivity index is 1.67. The number of ketones is 1. The second-order valence-corrected chi connectivity index (χ2v) is 5.40. The van der Waals surface area contributed by atoms with Crippen molar-refractivity contribution in [2.24, 2.45) is 0 Å². The van der Waals surface area contributed by atoms with Crippen LogP contribution in [0.25, 0.3) is 11.4 Å². The zero-order valence-electron chi connectivity index (χ0n) is 13.3. The molecule has 0 aliphatic heterocycles. The van der Waals surface area contributed by atoms with Gasteiger partial charge in [0.25, 0.3) is 0 Å². The van der Waals surface area contributed by atoms with Gasteiger partial charge in [-0.05, 0) is 12.1 Å². The molecule has 5 nitrogen and oxygen atoms in total. The third-order valence-electron chi connectivity index (χ3n) is 3.50. The van der Waals surface area contributed by atoms with Crippen molar-refractivity contribution >= 4 is 11.5 Å². The Kier molecular flexibility index (Phi) is 4.89. The van der Waals surface area contributed by atoms with E-state index in [1.54, 1.807) is 0 Å². The SMILES string of the molecule is O=C(CNc1ccc(F)cc1F)c1ccc(-c2noc(C(F)(F)F)n2)cc1. The molecule has 0 atom stereocenters. The van der Waals surface area contributed by atoms with Crippen LogP contribution in [0.1, 0.15) is 16.2 Å². The lowest BCUT2D eigenvalue weighted by molar-refractivity contribution is -0.159. The second-order valence-electron chi connectivity index (χ2n) is 5.40. The highest BCUT2D eigenvalue weighted by Crippen LogP contribution is 2.29. The number of carbonyl (C=O) groups is 1. The van der Waals surface area contributed by atoms with E-state index in [1.807, 2.05) is 0 Å². The number of aromatic nitrogens is 2. The summed E-state index contributed by atoms with van der Waals surface area (Å²) in [5, 5.41) is 5.79. The van der Waals surface area contributed by atoms with Crippen molar-refractivity contribution < 1.29 is 31.3 Å². The van der Waals surface area contributed by atoms with Crippen molar-refractivity contribution in [1.82, 2.24) is 10.1 Å². The van der Waals surface area contributed by atoms with Crippen LogP contribution >= 0.6 is 0 Å². The fourth-order valence-corrected chi connectivity index (χ4v) is 2.17. The minimum Gasteiger partial charge on any atom is -0.375 e. The summed E-state index contributed by atoms with van der Waals surface area (Å²) in [6, 6.07) is 8.34. The number of rotatable bonds is 5. The number of hydrogen-bond acceptors (Lipinski definition) is 5. The van der Waals surface area contributed by atoms with Crippen molar-refractivity contribution in [2.45, 2.75) is 6.18 Å². The molecule has 1 aromatic heterocycles. The number of Topliss-reactive ketones (excluding diaryl/α,β-unsaturated/α-hetero) is 1. The Labute approximate surface area is 148 Å². The van der Waals surface area contributed by atoms with Gasteiger partial charge in [0.1, 0.15) is 11.6 Å². The van der Waals surface area contributed by atoms with Gasteiger partial charge in [-0.2, -0.15) is 18.2 Å². The molecule has 0 saturated carbocycles. The van der Waals surface area contributed by atoms with Gasteiger partial charge in [-0.15, -0.1) is 0 Å². The third kappa shape index (κ3) is 4.27. The molecule has 0 unspecified atom stereocenters. The van der Waals surface area contributed by atoms with Crippen LogP contribution < -0.4 is 5.32 Å². The van der Waals surface area contributed by atoms with Crippen molar-refractivity contribution in [3.8, 4) is 11.4 Å². The Morgan fingerprint density at radius 2 is 1.78 bits per heavy atom. The second kappa shape index (κ2) is 7.14. The molecule has 0 radical (unpaired) electrons. The van der Waals surface area contributed by atoms with Crippen molar-refractivity contribution in [3.05, 3.63) is 65.6 Å². The van der Waals surface area contributed by atoms with Gasteiger partial charge in [-0.1, -0.05) is 29.4 Å². The summed E-state index contributed by atoms with van der Waals surface area (Å²) >= 11 is 0. The molecule has 1 N–H and O–H groups in total. The van der Waals surface area contributed by atoms with Crippen LogP contribution in [-0.4, -0.2) is 22.5 Å². The molecule has 0 fully saturated rings. The van der Waals surface area contributed by atoms with Crippen LogP contribution in [0.5, 0.6) is 0 Å². The number of hydrogen-bond donors (Lipinski definition) is 1. The van der Waals surface area contributed by atoms with E-state index in [0.717, 1.165) is 12.1 Å². The molecular formula is C17H10F5N3O2. The minimum atomic E-state index is -4.75. The first-order valence-electron chi connectivity index (χ1n) is 7.47. The molecule has 0 aliphatic rings. The van der Waals surface area contributed by atoms with Crippen LogP contribution in [0.2, 0.25) is 0 Å². The number of anilines is 1. The third-order valence-corrected chi connectivity index (χ3v) is 3.50. The minimum absolute atomic E-state index is 0.0344. The highest BCUT2D eigenvalue weighted by atomic mass is 19.4. The summed E-state index contributed by atoms with van der Waals surface area (Å²) < 4.78 is 67.9. The number of benzene rings is 2. The van der Waals surface area contributed by atoms with Gasteiger partial charge >= 0.3 is 12.1 Å². The Bertz CT molecular complexity index is 967. The average molecular weight is 383 g/mol. The van der Waals surface area contributed by atoms with E-state index in [9.17, 15) is 26.7 Å². The first kappa shape index (κ1) is 18.5. The van der Waals surface area contributed by atoms with Crippen LogP contribution in [0, 0.1) is 11.6 Å². The molecule has 3 aromatic rings. The molecule has 140 valence electrons. The fraction of sp³-hybridized carbons (Fsp3) is 0.118. The molecule has 0 aliphatic carbocycles. The molecule has 3 rings (SSSR count). The summed E-state index contributed by atoms with van der Waals surface area (Å²) in [6.07, 6.45) is -4.75. The Morgan fingerprint density at radius 3 is 2.37 bits per heavy atom. The van der Waals surface area contributed by atoms with Crippen molar-refractivity contribution in [2.75, 3.05) is 11.9 Å². The highest BCUT2D eigenvalue weighted by molar-refractivity contribution is 5.99. The van der Waals surface area contributed by atoms with Crippen LogP contribution in [-0.2, 0) is 6.18 Å². The number of nitrogens with zero attached hydrogens (tertiary/aromatic N) is 2. The average Bonchev–Trinajstić information content (AvgIpc) is 3.11. The largest absolute Gasteiger partial charge is 0.471 e. The molecule has 0 bridgehead atoms. The molecule has 27 heavy (non-hydrogen) atoms. The van der Waals surface area contributed by atoms with Crippen LogP contribution in [0.3, 0.4) is 0 Å². The molecule has 0 amide bonds. The normalized spacial score (nSPS) is 11.4. The zero-order valence-corrected chi connectivity index (χ0v) is 13.3. The molecular weight excluding hydrogens is 373 g/mol. The van der Waals surface area contributed by atoms with E-state index in [1.165, 1.54) is 24.3 Å². The lowest BCUT2D eigenvalue weighted by Gasteiger charge is -2.07. The van der Waals surface area contributed by atoms with Gasteiger partial charge in [0, 0.05) is 17.2 Å². The summed E-state index contributed by atoms with van der Waals surface area (Å²) in [5.74, 6) is -3.73. The highest BCUT2D eigenvalue weighted by Gasteiger charge is 2.38. The van der Waals surface area contributed by atoms with E-state index >= 15 is 0 Å². The number of carbonyl (C=O) groups excluding carboxylic acids is 1. The van der Waals surface area contributed by atoms with E-state index in [4.69, 9.17) is 0 Å². The fourth-order valence-electron chi connectivity index (χ4n) is 2.17. The van der Waals surface area contributed by atoms with E-state index in [0.29, 0.717) is 6.07 Å². The molecule has 0 saturated heterocycles. The standard InChI is InChI=1S/C17H10F5N3O2/c18-11-5-6-13(12(19)7-11)23-8-14(26)9-1-3-10(4-2-9)15-24-16(27-25-15)17(20,21)22/h1-7,23H,8H2. The maximum atomic E-state index is 13.5. The summed E-state index contributed by atoms with van der Waals surface area (Å²) in [7, 11) is 0. The lowest BCUT2D eigenvalue weighted by Crippen LogP contribution is -2.14. The lowest BCUT2D eigenvalue weighted by atomic mass is 10.1. The zero-order chi connectivity index (χ0) is 19.6. The van der Waals surface area contributed by atoms with Gasteiger partial charge in [-0.25, -0.2) is 8.78 Å². The number of nitrogens with one attached hydrogen (secondary N) is 1. The van der Waals surface area contributed by atoms with Gasteiger partial charge in [0.15, 0.2) is 5.78 Å². The van der Waals surface area contributed by atoms with Gasteiger partial charge < -0.3 is 9.84 Å². The van der Waals surface area contributed by atoms with Gasteiger partial charge in [0.05, 0.1) is 12.2 Å². The van der Waals surface area contributed by atoms with Crippen LogP contribution in [0.15, 0.2) is 47.0 Å². The predicted molar refractivity (Wildman–Crippen MR) is 83.9 cm³/mol. The van der Waals surface area contributed by atoms with E-state index < -0.39 is 29.5 Å². The topological polar surface area (TPSA) is 68.0 Å². The Hall–Kier alpha value is -3.30. The summed E-state index contributed by atoms with van der Waals surface area (Å²) in [5.41, 5.74) is 0.421. The Morgan fingerprint density at radius 1 is 1.07 bits per heavy atom. The monoisotopic (exact) mass is 383 g/mol. The molecule has 1 heterocycles. The molecule has 2 aromatic carbocycles. The first-order chi connectivity index (χ1) is 12.7. The predicted octanol–water partition coefficient (Wildman–Crippen LogP) is 4.33. The van der Waals surface area contributed by atoms with E-state index in [-0.39, 0.29) is 29.2 Å². The van der Waals surface area contributed by atoms with Crippen LogP contribution in [0.4, 0.5) is 27.6 Å². The molecule has 10 heteroatoms. The van der Waals surface area contributed by atoms with Crippen molar-refractivity contribution in [1.29, 1.82) is 0 Å². The summed E-state index contributed by atoms with van der Waals surface area (Å²) in [6.45, 7) is -0.262. The quantitative estimate of drug-likeness (QED) is 0.525.